The van der Waals surface area contributed by atoms with E-state index < -0.39 is 10.5 Å². The van der Waals surface area contributed by atoms with E-state index >= 15 is 0 Å². The Morgan fingerprint density at radius 2 is 2.11 bits per heavy atom. The fourth-order valence-electron chi connectivity index (χ4n) is 1.21. The minimum absolute atomic E-state index is 0.102. The SMILES string of the molecule is CC(C)(C)OCC(=O)Nc1ccc(Br)c([N+](=O)[O-])c1. The van der Waals surface area contributed by atoms with Gasteiger partial charge in [0.15, 0.2) is 0 Å². The van der Waals surface area contributed by atoms with Crippen LogP contribution in [0.15, 0.2) is 22.7 Å². The molecule has 104 valence electrons. The van der Waals surface area contributed by atoms with Crippen molar-refractivity contribution >= 4 is 33.2 Å². The van der Waals surface area contributed by atoms with Crippen LogP contribution in [0.4, 0.5) is 11.4 Å². The van der Waals surface area contributed by atoms with Crippen LogP contribution in [0.1, 0.15) is 20.8 Å². The highest BCUT2D eigenvalue weighted by Gasteiger charge is 2.15. The molecule has 0 spiro atoms. The van der Waals surface area contributed by atoms with E-state index in [1.165, 1.54) is 12.1 Å². The fraction of sp³-hybridized carbons (Fsp3) is 0.417. The number of ether oxygens (including phenoxy) is 1. The van der Waals surface area contributed by atoms with Crippen molar-refractivity contribution in [1.29, 1.82) is 0 Å². The number of nitrogens with zero attached hydrogens (tertiary/aromatic N) is 1. The van der Waals surface area contributed by atoms with Crippen LogP contribution in [-0.4, -0.2) is 23.0 Å². The molecule has 0 aliphatic rings. The smallest absolute Gasteiger partial charge is 0.285 e. The number of carbonyl (C=O) groups excluding carboxylic acids is 1. The van der Waals surface area contributed by atoms with Gasteiger partial charge in [-0.25, -0.2) is 0 Å². The molecule has 0 unspecified atom stereocenters. The standard InChI is InChI=1S/C12H15BrN2O4/c1-12(2,3)19-7-11(16)14-8-4-5-9(13)10(6-8)15(17)18/h4-6H,7H2,1-3H3,(H,14,16). The Bertz CT molecular complexity index is 497. The Balaban J connectivity index is 2.70. The predicted molar refractivity (Wildman–Crippen MR) is 75.1 cm³/mol. The largest absolute Gasteiger partial charge is 0.366 e. The maximum atomic E-state index is 11.6. The van der Waals surface area contributed by atoms with Crippen LogP contribution in [0.2, 0.25) is 0 Å². The summed E-state index contributed by atoms with van der Waals surface area (Å²) in [6, 6.07) is 4.38. The van der Waals surface area contributed by atoms with Crippen LogP contribution >= 0.6 is 15.9 Å². The van der Waals surface area contributed by atoms with Crippen LogP contribution in [0, 0.1) is 10.1 Å². The summed E-state index contributed by atoms with van der Waals surface area (Å²) in [5.41, 5.74) is -0.157. The second-order valence-electron chi connectivity index (χ2n) is 4.87. The lowest BCUT2D eigenvalue weighted by Crippen LogP contribution is -2.27. The van der Waals surface area contributed by atoms with Crippen LogP contribution in [0.25, 0.3) is 0 Å². The van der Waals surface area contributed by atoms with E-state index in [1.807, 2.05) is 20.8 Å². The van der Waals surface area contributed by atoms with Gasteiger partial charge in [0, 0.05) is 11.8 Å². The van der Waals surface area contributed by atoms with Gasteiger partial charge in [-0.05, 0) is 48.8 Å². The van der Waals surface area contributed by atoms with Crippen molar-refractivity contribution in [2.24, 2.45) is 0 Å². The Morgan fingerprint density at radius 1 is 1.47 bits per heavy atom. The number of rotatable bonds is 4. The molecule has 6 nitrogen and oxygen atoms in total. The lowest BCUT2D eigenvalue weighted by molar-refractivity contribution is -0.385. The topological polar surface area (TPSA) is 81.5 Å². The summed E-state index contributed by atoms with van der Waals surface area (Å²) in [7, 11) is 0. The summed E-state index contributed by atoms with van der Waals surface area (Å²) in [6.07, 6.45) is 0. The molecule has 0 aromatic heterocycles. The molecule has 0 saturated carbocycles. The normalized spacial score (nSPS) is 11.2. The Hall–Kier alpha value is -1.47. The molecule has 0 saturated heterocycles. The first kappa shape index (κ1) is 15.6. The zero-order valence-electron chi connectivity index (χ0n) is 10.9. The summed E-state index contributed by atoms with van der Waals surface area (Å²) in [5, 5.41) is 13.3. The molecule has 0 fully saturated rings. The number of nitro benzene ring substituents is 1. The Labute approximate surface area is 119 Å². The first-order valence-corrected chi connectivity index (χ1v) is 6.36. The fourth-order valence-corrected chi connectivity index (χ4v) is 1.60. The molecule has 1 rings (SSSR count). The van der Waals surface area contributed by atoms with Crippen molar-refractivity contribution in [3.8, 4) is 0 Å². The number of nitrogens with one attached hydrogen (secondary N) is 1. The van der Waals surface area contributed by atoms with Gasteiger partial charge in [-0.1, -0.05) is 0 Å². The molecule has 19 heavy (non-hydrogen) atoms. The molecular weight excluding hydrogens is 316 g/mol. The molecule has 0 bridgehead atoms. The third-order valence-electron chi connectivity index (χ3n) is 2.06. The minimum Gasteiger partial charge on any atom is -0.366 e. The molecule has 1 N–H and O–H groups in total. The number of amides is 1. The lowest BCUT2D eigenvalue weighted by Gasteiger charge is -2.18. The van der Waals surface area contributed by atoms with E-state index in [0.717, 1.165) is 0 Å². The first-order valence-electron chi connectivity index (χ1n) is 5.57. The summed E-state index contributed by atoms with van der Waals surface area (Å²) < 4.78 is 5.67. The van der Waals surface area contributed by atoms with Gasteiger partial charge in [0.2, 0.25) is 5.91 Å². The molecule has 0 heterocycles. The van der Waals surface area contributed by atoms with Crippen LogP contribution in [-0.2, 0) is 9.53 Å². The average molecular weight is 331 g/mol. The van der Waals surface area contributed by atoms with Crippen molar-refractivity contribution in [2.45, 2.75) is 26.4 Å². The number of benzene rings is 1. The minimum atomic E-state index is -0.522. The molecule has 7 heteroatoms. The third kappa shape index (κ3) is 5.35. The summed E-state index contributed by atoms with van der Waals surface area (Å²) in [6.45, 7) is 5.41. The van der Waals surface area contributed by atoms with Crippen LogP contribution in [0.3, 0.4) is 0 Å². The van der Waals surface area contributed by atoms with Crippen LogP contribution < -0.4 is 5.32 Å². The van der Waals surface area contributed by atoms with Gasteiger partial charge < -0.3 is 10.1 Å². The number of anilines is 1. The lowest BCUT2D eigenvalue weighted by atomic mass is 10.2. The molecule has 0 radical (unpaired) electrons. The van der Waals surface area contributed by atoms with Crippen molar-refractivity contribution < 1.29 is 14.5 Å². The molecule has 0 atom stereocenters. The number of hydrogen-bond donors (Lipinski definition) is 1. The second-order valence-corrected chi connectivity index (χ2v) is 5.73. The zero-order valence-corrected chi connectivity index (χ0v) is 12.5. The van der Waals surface area contributed by atoms with Gasteiger partial charge in [0.1, 0.15) is 6.61 Å². The summed E-state index contributed by atoms with van der Waals surface area (Å²) in [4.78, 5) is 21.8. The number of halogens is 1. The number of hydrogen-bond acceptors (Lipinski definition) is 4. The summed E-state index contributed by atoms with van der Waals surface area (Å²) in [5.74, 6) is -0.355. The van der Waals surface area contributed by atoms with E-state index in [-0.39, 0.29) is 18.2 Å². The molecular formula is C12H15BrN2O4. The highest BCUT2D eigenvalue weighted by Crippen LogP contribution is 2.27. The average Bonchev–Trinajstić information content (AvgIpc) is 2.28. The second kappa shape index (κ2) is 6.12. The van der Waals surface area contributed by atoms with Gasteiger partial charge in [0.05, 0.1) is 15.0 Å². The highest BCUT2D eigenvalue weighted by atomic mass is 79.9. The molecule has 1 aromatic carbocycles. The van der Waals surface area contributed by atoms with Crippen molar-refractivity contribution in [2.75, 3.05) is 11.9 Å². The highest BCUT2D eigenvalue weighted by molar-refractivity contribution is 9.10. The van der Waals surface area contributed by atoms with E-state index in [2.05, 4.69) is 21.2 Å². The van der Waals surface area contributed by atoms with Crippen molar-refractivity contribution in [1.82, 2.24) is 0 Å². The van der Waals surface area contributed by atoms with Gasteiger partial charge in [-0.3, -0.25) is 14.9 Å². The maximum Gasteiger partial charge on any atom is 0.285 e. The molecule has 0 aliphatic heterocycles. The quantitative estimate of drug-likeness (QED) is 0.679. The van der Waals surface area contributed by atoms with Gasteiger partial charge in [0.25, 0.3) is 5.69 Å². The number of carbonyl (C=O) groups is 1. The van der Waals surface area contributed by atoms with Crippen LogP contribution in [0.5, 0.6) is 0 Å². The summed E-state index contributed by atoms with van der Waals surface area (Å²) >= 11 is 3.08. The molecule has 1 amide bonds. The van der Waals surface area contributed by atoms with Crippen molar-refractivity contribution in [3.63, 3.8) is 0 Å². The van der Waals surface area contributed by atoms with Gasteiger partial charge in [-0.2, -0.15) is 0 Å². The van der Waals surface area contributed by atoms with E-state index in [9.17, 15) is 14.9 Å². The predicted octanol–water partition coefficient (Wildman–Crippen LogP) is 3.11. The van der Waals surface area contributed by atoms with Crippen molar-refractivity contribution in [3.05, 3.63) is 32.8 Å². The number of nitro groups is 1. The van der Waals surface area contributed by atoms with E-state index in [0.29, 0.717) is 10.2 Å². The monoisotopic (exact) mass is 330 g/mol. The Kier molecular flexibility index (Phi) is 5.02. The Morgan fingerprint density at radius 3 is 2.63 bits per heavy atom. The van der Waals surface area contributed by atoms with E-state index in [4.69, 9.17) is 4.74 Å². The molecule has 1 aromatic rings. The first-order chi connectivity index (χ1) is 8.69. The van der Waals surface area contributed by atoms with Gasteiger partial charge in [-0.15, -0.1) is 0 Å². The molecule has 0 aliphatic carbocycles. The third-order valence-corrected chi connectivity index (χ3v) is 2.73. The zero-order chi connectivity index (χ0) is 14.6. The van der Waals surface area contributed by atoms with Gasteiger partial charge >= 0.3 is 0 Å². The van der Waals surface area contributed by atoms with E-state index in [1.54, 1.807) is 6.07 Å². The maximum absolute atomic E-state index is 11.6.